The zero-order valence-electron chi connectivity index (χ0n) is 28.0. The number of aromatic carboxylic acids is 1. The summed E-state index contributed by atoms with van der Waals surface area (Å²) < 4.78 is 41.7. The van der Waals surface area contributed by atoms with Gasteiger partial charge in [0.2, 0.25) is 0 Å². The SMILES string of the molecule is CCN(c1ncc2nc(C)n(CC#Cc3ccc(Cl)cc3-c3ccnc4c(C(=O)O)csc34)c(=O)c2c1C#N)C1CCN([C@@H]2C[C@H]2C(F)(F)F)CC1. The molecular weight excluding hydrogens is 715 g/mol. The van der Waals surface area contributed by atoms with Crippen LogP contribution in [-0.4, -0.2) is 73.4 Å². The van der Waals surface area contributed by atoms with Crippen molar-refractivity contribution < 1.29 is 23.1 Å². The highest BCUT2D eigenvalue weighted by Gasteiger charge is 2.58. The van der Waals surface area contributed by atoms with Crippen LogP contribution in [0, 0.1) is 36.0 Å². The lowest BCUT2D eigenvalue weighted by Gasteiger charge is -2.39. The van der Waals surface area contributed by atoms with Crippen molar-refractivity contribution in [3.05, 3.63) is 79.9 Å². The van der Waals surface area contributed by atoms with E-state index in [9.17, 15) is 33.1 Å². The first-order valence-electron chi connectivity index (χ1n) is 16.7. The molecule has 15 heteroatoms. The maximum absolute atomic E-state index is 14.1. The first kappa shape index (κ1) is 35.4. The lowest BCUT2D eigenvalue weighted by atomic mass is 10.00. The summed E-state index contributed by atoms with van der Waals surface area (Å²) in [5.74, 6) is 4.62. The Labute approximate surface area is 305 Å². The second-order valence-electron chi connectivity index (χ2n) is 12.9. The number of halogens is 4. The number of nitriles is 1. The van der Waals surface area contributed by atoms with E-state index in [0.717, 1.165) is 5.56 Å². The largest absolute Gasteiger partial charge is 0.478 e. The molecule has 5 aromatic rings. The van der Waals surface area contributed by atoms with Gasteiger partial charge in [-0.1, -0.05) is 23.4 Å². The van der Waals surface area contributed by atoms with Crippen LogP contribution in [0.2, 0.25) is 5.02 Å². The van der Waals surface area contributed by atoms with E-state index in [2.05, 4.69) is 32.9 Å². The van der Waals surface area contributed by atoms with Gasteiger partial charge in [0.25, 0.3) is 5.56 Å². The van der Waals surface area contributed by atoms with Crippen molar-refractivity contribution in [2.75, 3.05) is 24.5 Å². The standard InChI is InChI=1S/C37H31ClF3N7O3S/c1-3-47(23-9-13-46(14-10-23)30-16-28(30)37(39,40)41)34-26(17-42)31-29(18-44-34)45-20(2)48(35(31)49)12-4-5-21-6-7-22(38)15-25(21)24-8-11-43-32-27(36(50)51)19-52-33(24)32/h6-8,11,15,18-19,23,28,30H,3,9-10,12-14,16H2,1-2H3,(H,50,51)/t28-,30-/m1/s1. The molecule has 1 saturated heterocycles. The number of hydrogen-bond donors (Lipinski definition) is 1. The average Bonchev–Trinajstić information content (AvgIpc) is 3.82. The fourth-order valence-electron chi connectivity index (χ4n) is 7.22. The number of carboxylic acids is 1. The second kappa shape index (κ2) is 13.8. The van der Waals surface area contributed by atoms with Crippen molar-refractivity contribution in [1.82, 2.24) is 24.4 Å². The molecule has 2 fully saturated rings. The number of nitrogens with zero attached hydrogens (tertiary/aromatic N) is 7. The molecular formula is C37H31ClF3N7O3S. The molecule has 52 heavy (non-hydrogen) atoms. The minimum atomic E-state index is -4.18. The predicted octanol–water partition coefficient (Wildman–Crippen LogP) is 6.89. The van der Waals surface area contributed by atoms with Gasteiger partial charge in [0.05, 0.1) is 45.3 Å². The van der Waals surface area contributed by atoms with E-state index in [0.29, 0.717) is 70.5 Å². The van der Waals surface area contributed by atoms with Crippen LogP contribution in [0.4, 0.5) is 19.0 Å². The Kier molecular flexibility index (Phi) is 9.42. The third-order valence-corrected chi connectivity index (χ3v) is 11.1. The zero-order chi connectivity index (χ0) is 36.9. The van der Waals surface area contributed by atoms with E-state index < -0.39 is 29.7 Å². The van der Waals surface area contributed by atoms with Crippen molar-refractivity contribution in [3.63, 3.8) is 0 Å². The highest BCUT2D eigenvalue weighted by atomic mass is 35.5. The van der Waals surface area contributed by atoms with E-state index in [1.807, 2.05) is 16.7 Å². The number of likely N-dealkylation sites (tertiary alicyclic amines) is 1. The maximum atomic E-state index is 14.1. The van der Waals surface area contributed by atoms with Gasteiger partial charge in [0, 0.05) is 65.0 Å². The Morgan fingerprint density at radius 1 is 1.19 bits per heavy atom. The molecule has 0 spiro atoms. The number of rotatable bonds is 7. The maximum Gasteiger partial charge on any atom is 0.393 e. The fraction of sp³-hybridized carbons (Fsp3) is 0.351. The Hall–Kier alpha value is -5.02. The molecule has 0 amide bonds. The number of aromatic nitrogens is 4. The monoisotopic (exact) mass is 745 g/mol. The van der Waals surface area contributed by atoms with Gasteiger partial charge >= 0.3 is 12.1 Å². The number of carboxylic acid groups (broad SMARTS) is 1. The first-order chi connectivity index (χ1) is 24.9. The Morgan fingerprint density at radius 3 is 2.63 bits per heavy atom. The molecule has 1 N–H and O–H groups in total. The van der Waals surface area contributed by atoms with Crippen LogP contribution < -0.4 is 10.5 Å². The van der Waals surface area contributed by atoms with Crippen LogP contribution in [0.15, 0.2) is 46.8 Å². The van der Waals surface area contributed by atoms with E-state index in [-0.39, 0.29) is 41.0 Å². The lowest BCUT2D eigenvalue weighted by Crippen LogP contribution is -2.47. The normalized spacial score (nSPS) is 17.9. The van der Waals surface area contributed by atoms with Crippen LogP contribution >= 0.6 is 22.9 Å². The highest BCUT2D eigenvalue weighted by Crippen LogP contribution is 2.48. The molecule has 1 aliphatic heterocycles. The molecule has 10 nitrogen and oxygen atoms in total. The number of carbonyl (C=O) groups is 1. The van der Waals surface area contributed by atoms with Crippen molar-refractivity contribution in [2.45, 2.75) is 57.9 Å². The summed E-state index contributed by atoms with van der Waals surface area (Å²) >= 11 is 7.65. The van der Waals surface area contributed by atoms with E-state index in [1.54, 1.807) is 36.6 Å². The van der Waals surface area contributed by atoms with Gasteiger partial charge in [-0.05, 0) is 57.4 Å². The molecule has 4 aromatic heterocycles. The Morgan fingerprint density at radius 2 is 1.96 bits per heavy atom. The highest BCUT2D eigenvalue weighted by molar-refractivity contribution is 7.18. The van der Waals surface area contributed by atoms with Crippen molar-refractivity contribution in [3.8, 4) is 29.0 Å². The van der Waals surface area contributed by atoms with Gasteiger partial charge in [-0.25, -0.2) is 14.8 Å². The first-order valence-corrected chi connectivity index (χ1v) is 17.9. The molecule has 0 unspecified atom stereocenters. The van der Waals surface area contributed by atoms with Gasteiger partial charge in [0.1, 0.15) is 23.3 Å². The van der Waals surface area contributed by atoms with Gasteiger partial charge < -0.3 is 10.0 Å². The number of benzene rings is 1. The van der Waals surface area contributed by atoms with Gasteiger partial charge in [-0.15, -0.1) is 11.3 Å². The lowest BCUT2D eigenvalue weighted by molar-refractivity contribution is -0.152. The quantitative estimate of drug-likeness (QED) is 0.177. The Balaban J connectivity index is 1.18. The van der Waals surface area contributed by atoms with Crippen LogP contribution in [0.5, 0.6) is 0 Å². The number of piperidine rings is 1. The molecule has 266 valence electrons. The summed E-state index contributed by atoms with van der Waals surface area (Å²) in [5.41, 5.74) is 2.41. The number of pyridine rings is 2. The number of fused-ring (bicyclic) bond motifs is 2. The Bertz CT molecular complexity index is 2400. The summed E-state index contributed by atoms with van der Waals surface area (Å²) in [7, 11) is 0. The van der Waals surface area contributed by atoms with Crippen molar-refractivity contribution >= 4 is 55.8 Å². The molecule has 0 bridgehead atoms. The number of thiophene rings is 1. The number of aryl methyl sites for hydroxylation is 1. The van der Waals surface area contributed by atoms with Gasteiger partial charge in [-0.2, -0.15) is 18.4 Å². The summed E-state index contributed by atoms with van der Waals surface area (Å²) in [5, 5.41) is 22.1. The summed E-state index contributed by atoms with van der Waals surface area (Å²) in [6.07, 6.45) is 0.204. The van der Waals surface area contributed by atoms with Crippen molar-refractivity contribution in [2.24, 2.45) is 5.92 Å². The predicted molar refractivity (Wildman–Crippen MR) is 193 cm³/mol. The molecule has 1 aliphatic carbocycles. The van der Waals surface area contributed by atoms with Gasteiger partial charge in [-0.3, -0.25) is 19.2 Å². The van der Waals surface area contributed by atoms with Gasteiger partial charge in [0.15, 0.2) is 0 Å². The zero-order valence-corrected chi connectivity index (χ0v) is 29.6. The fourth-order valence-corrected chi connectivity index (χ4v) is 8.42. The van der Waals surface area contributed by atoms with Crippen molar-refractivity contribution in [1.29, 1.82) is 5.26 Å². The van der Waals surface area contributed by atoms with E-state index in [1.165, 1.54) is 28.3 Å². The summed E-state index contributed by atoms with van der Waals surface area (Å²) in [4.78, 5) is 43.2. The van der Waals surface area contributed by atoms with Crippen LogP contribution in [0.25, 0.3) is 32.2 Å². The minimum absolute atomic E-state index is 0.0395. The molecule has 1 aromatic carbocycles. The molecule has 2 atom stereocenters. The third kappa shape index (κ3) is 6.47. The second-order valence-corrected chi connectivity index (χ2v) is 14.2. The number of hydrogen-bond acceptors (Lipinski definition) is 9. The minimum Gasteiger partial charge on any atom is -0.478 e. The number of anilines is 1. The topological polar surface area (TPSA) is 128 Å². The molecule has 0 radical (unpaired) electrons. The molecule has 5 heterocycles. The average molecular weight is 746 g/mol. The molecule has 2 aliphatic rings. The smallest absolute Gasteiger partial charge is 0.393 e. The molecule has 7 rings (SSSR count). The molecule has 1 saturated carbocycles. The van der Waals surface area contributed by atoms with E-state index >= 15 is 0 Å². The number of alkyl halides is 3. The third-order valence-electron chi connectivity index (χ3n) is 9.90. The summed E-state index contributed by atoms with van der Waals surface area (Å²) in [6.45, 7) is 5.07. The summed E-state index contributed by atoms with van der Waals surface area (Å²) in [6, 6.07) is 8.64. The van der Waals surface area contributed by atoms with Crippen LogP contribution in [0.3, 0.4) is 0 Å². The van der Waals surface area contributed by atoms with Crippen LogP contribution in [-0.2, 0) is 6.54 Å². The van der Waals surface area contributed by atoms with E-state index in [4.69, 9.17) is 11.6 Å². The van der Waals surface area contributed by atoms with Crippen LogP contribution in [0.1, 0.15) is 53.5 Å².